The molecule has 7 heteroatoms. The molecular weight excluding hydrogens is 342 g/mol. The summed E-state index contributed by atoms with van der Waals surface area (Å²) in [6.07, 6.45) is 9.28. The fraction of sp³-hybridized carbons (Fsp3) is 0.600. The maximum absolute atomic E-state index is 12.7. The summed E-state index contributed by atoms with van der Waals surface area (Å²) < 4.78 is 3.54. The number of hydrogen-bond donors (Lipinski definition) is 0. The molecule has 2 aromatic rings. The number of nitrogens with zero attached hydrogens (tertiary/aromatic N) is 5. The highest BCUT2D eigenvalue weighted by Crippen LogP contribution is 2.33. The second-order valence-electron chi connectivity index (χ2n) is 8.08. The third-order valence-electron chi connectivity index (χ3n) is 5.65. The Balaban J connectivity index is 1.40. The van der Waals surface area contributed by atoms with Gasteiger partial charge in [0, 0.05) is 44.1 Å². The molecular formula is C20H27N5O2. The topological polar surface area (TPSA) is 73.0 Å². The minimum absolute atomic E-state index is 0.0215. The van der Waals surface area contributed by atoms with Crippen LogP contribution in [0.5, 0.6) is 0 Å². The zero-order valence-corrected chi connectivity index (χ0v) is 16.0. The molecule has 3 heterocycles. The van der Waals surface area contributed by atoms with Crippen LogP contribution < -0.4 is 16.0 Å². The Morgan fingerprint density at radius 3 is 2.48 bits per heavy atom. The lowest BCUT2D eigenvalue weighted by molar-refractivity contribution is 0.349. The summed E-state index contributed by atoms with van der Waals surface area (Å²) in [5.74, 6) is 1.25. The standard InChI is InChI=1S/C20H27N5O2/c1-14(2)17-11-18(26)24(13-22-17)12-15-5-8-23(9-6-15)19-20(27)25(10-7-21-19)16-3-4-16/h7,10-11,13-16H,3-6,8-9,12H2,1-2H3. The molecule has 0 spiro atoms. The first-order valence-electron chi connectivity index (χ1n) is 9.91. The summed E-state index contributed by atoms with van der Waals surface area (Å²) in [4.78, 5) is 35.8. The van der Waals surface area contributed by atoms with Crippen LogP contribution in [0.2, 0.25) is 0 Å². The van der Waals surface area contributed by atoms with Crippen molar-refractivity contribution in [3.8, 4) is 0 Å². The molecule has 1 aliphatic heterocycles. The lowest BCUT2D eigenvalue weighted by Gasteiger charge is -2.32. The summed E-state index contributed by atoms with van der Waals surface area (Å²) in [6, 6.07) is 2.01. The summed E-state index contributed by atoms with van der Waals surface area (Å²) in [5.41, 5.74) is 0.893. The van der Waals surface area contributed by atoms with E-state index in [4.69, 9.17) is 0 Å². The Labute approximate surface area is 158 Å². The van der Waals surface area contributed by atoms with Crippen molar-refractivity contribution in [2.45, 2.75) is 58.0 Å². The second kappa shape index (κ2) is 7.29. The van der Waals surface area contributed by atoms with Crippen molar-refractivity contribution in [3.63, 3.8) is 0 Å². The van der Waals surface area contributed by atoms with Crippen molar-refractivity contribution in [2.75, 3.05) is 18.0 Å². The van der Waals surface area contributed by atoms with Crippen LogP contribution in [0.3, 0.4) is 0 Å². The van der Waals surface area contributed by atoms with Gasteiger partial charge in [-0.3, -0.25) is 14.2 Å². The average molecular weight is 369 g/mol. The third kappa shape index (κ3) is 3.82. The Bertz CT molecular complexity index is 920. The number of aromatic nitrogens is 4. The molecule has 0 bridgehead atoms. The Morgan fingerprint density at radius 2 is 1.85 bits per heavy atom. The van der Waals surface area contributed by atoms with Gasteiger partial charge in [0.15, 0.2) is 5.82 Å². The van der Waals surface area contributed by atoms with Gasteiger partial charge in [-0.15, -0.1) is 0 Å². The van der Waals surface area contributed by atoms with Crippen LogP contribution >= 0.6 is 0 Å². The fourth-order valence-electron chi connectivity index (χ4n) is 3.77. The molecule has 2 aromatic heterocycles. The molecule has 0 aromatic carbocycles. The molecule has 2 aliphatic rings. The van der Waals surface area contributed by atoms with Gasteiger partial charge in [0.2, 0.25) is 0 Å². The van der Waals surface area contributed by atoms with Gasteiger partial charge in [-0.05, 0) is 37.5 Å². The highest BCUT2D eigenvalue weighted by atomic mass is 16.1. The van der Waals surface area contributed by atoms with Crippen LogP contribution in [0.15, 0.2) is 34.4 Å². The van der Waals surface area contributed by atoms with Crippen molar-refractivity contribution < 1.29 is 0 Å². The number of hydrogen-bond acceptors (Lipinski definition) is 5. The van der Waals surface area contributed by atoms with E-state index in [1.54, 1.807) is 29.4 Å². The molecule has 4 rings (SSSR count). The van der Waals surface area contributed by atoms with E-state index >= 15 is 0 Å². The van der Waals surface area contributed by atoms with Crippen LogP contribution in [0, 0.1) is 5.92 Å². The number of piperidine rings is 1. The summed E-state index contributed by atoms with van der Waals surface area (Å²) in [6.45, 7) is 6.36. The van der Waals surface area contributed by atoms with Crippen LogP contribution in [-0.2, 0) is 6.54 Å². The van der Waals surface area contributed by atoms with E-state index in [0.717, 1.165) is 44.5 Å². The largest absolute Gasteiger partial charge is 0.352 e. The van der Waals surface area contributed by atoms with E-state index < -0.39 is 0 Å². The first kappa shape index (κ1) is 17.9. The highest BCUT2D eigenvalue weighted by molar-refractivity contribution is 5.36. The molecule has 2 fully saturated rings. The first-order valence-corrected chi connectivity index (χ1v) is 9.91. The van der Waals surface area contributed by atoms with E-state index in [1.807, 2.05) is 18.4 Å². The quantitative estimate of drug-likeness (QED) is 0.808. The van der Waals surface area contributed by atoms with Crippen molar-refractivity contribution in [3.05, 3.63) is 51.2 Å². The monoisotopic (exact) mass is 369 g/mol. The third-order valence-corrected chi connectivity index (χ3v) is 5.65. The van der Waals surface area contributed by atoms with Gasteiger partial charge >= 0.3 is 0 Å². The molecule has 0 unspecified atom stereocenters. The van der Waals surface area contributed by atoms with Crippen molar-refractivity contribution >= 4 is 5.82 Å². The van der Waals surface area contributed by atoms with Crippen molar-refractivity contribution in [1.29, 1.82) is 0 Å². The predicted octanol–water partition coefficient (Wildman–Crippen LogP) is 2.17. The zero-order chi connectivity index (χ0) is 19.0. The second-order valence-corrected chi connectivity index (χ2v) is 8.08. The molecule has 0 radical (unpaired) electrons. The molecule has 0 atom stereocenters. The normalized spacial score (nSPS) is 18.3. The van der Waals surface area contributed by atoms with E-state index in [9.17, 15) is 9.59 Å². The number of anilines is 1. The molecule has 0 amide bonds. The molecule has 144 valence electrons. The van der Waals surface area contributed by atoms with Gasteiger partial charge in [0.1, 0.15) is 0 Å². The minimum atomic E-state index is 0.0215. The minimum Gasteiger partial charge on any atom is -0.352 e. The average Bonchev–Trinajstić information content (AvgIpc) is 3.49. The smallest absolute Gasteiger partial charge is 0.293 e. The number of rotatable bonds is 5. The maximum Gasteiger partial charge on any atom is 0.293 e. The SMILES string of the molecule is CC(C)c1cc(=O)n(CC2CCN(c3nccn(C4CC4)c3=O)CC2)cn1. The summed E-state index contributed by atoms with van der Waals surface area (Å²) in [7, 11) is 0. The van der Waals surface area contributed by atoms with Crippen molar-refractivity contribution in [2.24, 2.45) is 5.92 Å². The van der Waals surface area contributed by atoms with E-state index in [1.165, 1.54) is 0 Å². The van der Waals surface area contributed by atoms with Crippen LogP contribution in [-0.4, -0.2) is 32.2 Å². The molecule has 27 heavy (non-hydrogen) atoms. The zero-order valence-electron chi connectivity index (χ0n) is 16.0. The Morgan fingerprint density at radius 1 is 1.11 bits per heavy atom. The van der Waals surface area contributed by atoms with E-state index in [-0.39, 0.29) is 17.0 Å². The highest BCUT2D eigenvalue weighted by Gasteiger charge is 2.28. The maximum atomic E-state index is 12.7. The summed E-state index contributed by atoms with van der Waals surface area (Å²) in [5, 5.41) is 0. The lowest BCUT2D eigenvalue weighted by Crippen LogP contribution is -2.40. The fourth-order valence-corrected chi connectivity index (χ4v) is 3.77. The molecule has 1 saturated heterocycles. The molecule has 7 nitrogen and oxygen atoms in total. The Kier molecular flexibility index (Phi) is 4.85. The molecule has 1 saturated carbocycles. The first-order chi connectivity index (χ1) is 13.0. The van der Waals surface area contributed by atoms with Crippen LogP contribution in [0.1, 0.15) is 57.2 Å². The van der Waals surface area contributed by atoms with Gasteiger partial charge < -0.3 is 9.47 Å². The van der Waals surface area contributed by atoms with Gasteiger partial charge in [0.25, 0.3) is 11.1 Å². The Hall–Kier alpha value is -2.44. The molecule has 1 aliphatic carbocycles. The van der Waals surface area contributed by atoms with E-state index in [0.29, 0.717) is 24.3 Å². The van der Waals surface area contributed by atoms with Gasteiger partial charge in [-0.2, -0.15) is 0 Å². The van der Waals surface area contributed by atoms with Gasteiger partial charge in [-0.1, -0.05) is 13.8 Å². The summed E-state index contributed by atoms with van der Waals surface area (Å²) >= 11 is 0. The molecule has 0 N–H and O–H groups in total. The van der Waals surface area contributed by atoms with Gasteiger partial charge in [0.05, 0.1) is 12.0 Å². The van der Waals surface area contributed by atoms with Crippen LogP contribution in [0.4, 0.5) is 5.82 Å². The van der Waals surface area contributed by atoms with Crippen LogP contribution in [0.25, 0.3) is 0 Å². The van der Waals surface area contributed by atoms with Crippen molar-refractivity contribution in [1.82, 2.24) is 19.1 Å². The predicted molar refractivity (Wildman–Crippen MR) is 104 cm³/mol. The lowest BCUT2D eigenvalue weighted by atomic mass is 9.96. The van der Waals surface area contributed by atoms with Gasteiger partial charge in [-0.25, -0.2) is 9.97 Å². The van der Waals surface area contributed by atoms with E-state index in [2.05, 4.69) is 14.9 Å².